The van der Waals surface area contributed by atoms with Crippen molar-refractivity contribution >= 4 is 23.4 Å². The summed E-state index contributed by atoms with van der Waals surface area (Å²) in [5, 5.41) is 0.313. The number of carbonyl (C=O) groups excluding carboxylic acids is 1. The van der Waals surface area contributed by atoms with Gasteiger partial charge in [-0.05, 0) is 48.4 Å². The summed E-state index contributed by atoms with van der Waals surface area (Å²) in [7, 11) is 1.66. The van der Waals surface area contributed by atoms with Crippen LogP contribution in [0.2, 0.25) is 0 Å². The lowest BCUT2D eigenvalue weighted by molar-refractivity contribution is -0.142. The van der Waals surface area contributed by atoms with Gasteiger partial charge in [-0.25, -0.2) is 0 Å². The number of ether oxygens (including phenoxy) is 2. The maximum absolute atomic E-state index is 13.5. The van der Waals surface area contributed by atoms with E-state index in [0.717, 1.165) is 28.3 Å². The Morgan fingerprint density at radius 2 is 1.63 bits per heavy atom. The van der Waals surface area contributed by atoms with Crippen molar-refractivity contribution in [3.05, 3.63) is 84.4 Å². The van der Waals surface area contributed by atoms with Crippen LogP contribution in [-0.4, -0.2) is 24.4 Å². The minimum Gasteiger partial charge on any atom is -0.497 e. The van der Waals surface area contributed by atoms with Gasteiger partial charge in [-0.15, -0.1) is 11.8 Å². The highest BCUT2D eigenvalue weighted by molar-refractivity contribution is 8.00. The molecule has 0 aliphatic carbocycles. The number of anilines is 1. The zero-order chi connectivity index (χ0) is 20.7. The van der Waals surface area contributed by atoms with Gasteiger partial charge in [0.15, 0.2) is 0 Å². The number of carbonyl (C=O) groups is 1. The van der Waals surface area contributed by atoms with Crippen molar-refractivity contribution in [3.63, 3.8) is 0 Å². The minimum absolute atomic E-state index is 0.00294. The third-order valence-corrected chi connectivity index (χ3v) is 7.07. The molecule has 4 nitrogen and oxygen atoms in total. The first kappa shape index (κ1) is 19.1. The van der Waals surface area contributed by atoms with Crippen LogP contribution in [0, 0.1) is 0 Å². The predicted molar refractivity (Wildman–Crippen MR) is 119 cm³/mol. The number of methoxy groups -OCH3 is 1. The average molecular weight is 418 g/mol. The number of nitrogens with zero attached hydrogens (tertiary/aromatic N) is 1. The molecule has 5 rings (SSSR count). The molecule has 0 spiro atoms. The Morgan fingerprint density at radius 1 is 0.933 bits per heavy atom. The van der Waals surface area contributed by atoms with E-state index in [1.165, 1.54) is 0 Å². The fourth-order valence-corrected chi connectivity index (χ4v) is 5.81. The molecule has 0 unspecified atom stereocenters. The average Bonchev–Trinajstić information content (AvgIpc) is 2.90. The maximum atomic E-state index is 13.5. The number of amides is 1. The summed E-state index contributed by atoms with van der Waals surface area (Å²) in [6, 6.07) is 25.8. The van der Waals surface area contributed by atoms with Gasteiger partial charge in [0, 0.05) is 10.1 Å². The molecule has 1 saturated heterocycles. The van der Waals surface area contributed by atoms with Gasteiger partial charge < -0.3 is 9.47 Å². The van der Waals surface area contributed by atoms with Crippen LogP contribution in [0.5, 0.6) is 11.5 Å². The third-order valence-electron chi connectivity index (χ3n) is 5.90. The molecule has 30 heavy (non-hydrogen) atoms. The van der Waals surface area contributed by atoms with Crippen molar-refractivity contribution in [2.45, 2.75) is 35.1 Å². The summed E-state index contributed by atoms with van der Waals surface area (Å²) in [6.45, 7) is 2.22. The Bertz CT molecular complexity index is 1070. The number of hydrogen-bond acceptors (Lipinski definition) is 4. The Labute approximate surface area is 180 Å². The highest BCUT2D eigenvalue weighted by atomic mass is 32.2. The number of rotatable bonds is 4. The normalized spacial score (nSPS) is 24.9. The van der Waals surface area contributed by atoms with Crippen molar-refractivity contribution in [2.75, 3.05) is 12.0 Å². The van der Waals surface area contributed by atoms with E-state index in [4.69, 9.17) is 9.47 Å². The molecule has 3 aromatic rings. The summed E-state index contributed by atoms with van der Waals surface area (Å²) in [6.07, 6.45) is 0.213. The van der Waals surface area contributed by atoms with Crippen LogP contribution >= 0.6 is 11.8 Å². The molecule has 1 fully saturated rings. The Kier molecular flexibility index (Phi) is 4.70. The lowest BCUT2D eigenvalue weighted by Gasteiger charge is -2.56. The molecular formula is C25H23NO3S. The SMILES string of the molecule is COc1ccc([C@]23C[C@@H](C)Sc4ccccc4N2C(=O)[C@@H]3Oc2ccccc2)cc1. The van der Waals surface area contributed by atoms with Gasteiger partial charge in [-0.1, -0.05) is 49.4 Å². The lowest BCUT2D eigenvalue weighted by atomic mass is 9.71. The van der Waals surface area contributed by atoms with E-state index in [9.17, 15) is 4.79 Å². The quantitative estimate of drug-likeness (QED) is 0.542. The van der Waals surface area contributed by atoms with Crippen LogP contribution < -0.4 is 14.4 Å². The monoisotopic (exact) mass is 417 g/mol. The molecule has 152 valence electrons. The fraction of sp³-hybridized carbons (Fsp3) is 0.240. The second-order valence-corrected chi connectivity index (χ2v) is 9.22. The van der Waals surface area contributed by atoms with E-state index in [1.807, 2.05) is 77.3 Å². The number of benzene rings is 3. The highest BCUT2D eigenvalue weighted by Gasteiger charge is 2.65. The Morgan fingerprint density at radius 3 is 2.37 bits per heavy atom. The highest BCUT2D eigenvalue weighted by Crippen LogP contribution is 2.55. The predicted octanol–water partition coefficient (Wildman–Crippen LogP) is 5.27. The molecule has 0 radical (unpaired) electrons. The van der Waals surface area contributed by atoms with Crippen molar-refractivity contribution in [1.82, 2.24) is 0 Å². The number of β-lactam (4-membered cyclic amide) rings is 1. The van der Waals surface area contributed by atoms with Crippen molar-refractivity contribution < 1.29 is 14.3 Å². The summed E-state index contributed by atoms with van der Waals surface area (Å²) >= 11 is 1.82. The van der Waals surface area contributed by atoms with Crippen LogP contribution in [0.15, 0.2) is 83.8 Å². The van der Waals surface area contributed by atoms with E-state index in [0.29, 0.717) is 11.0 Å². The molecule has 0 bridgehead atoms. The first-order chi connectivity index (χ1) is 14.6. The van der Waals surface area contributed by atoms with Crippen LogP contribution in [0.4, 0.5) is 5.69 Å². The molecule has 2 aliphatic heterocycles. The molecule has 2 aliphatic rings. The molecule has 2 heterocycles. The van der Waals surface area contributed by atoms with Crippen LogP contribution in [-0.2, 0) is 10.3 Å². The van der Waals surface area contributed by atoms with E-state index in [-0.39, 0.29) is 5.91 Å². The van der Waals surface area contributed by atoms with Gasteiger partial charge in [0.05, 0.1) is 12.8 Å². The second-order valence-electron chi connectivity index (χ2n) is 7.74. The van der Waals surface area contributed by atoms with Crippen molar-refractivity contribution in [3.8, 4) is 11.5 Å². The summed E-state index contributed by atoms with van der Waals surface area (Å²) in [5.74, 6) is 1.50. The summed E-state index contributed by atoms with van der Waals surface area (Å²) < 4.78 is 11.7. The van der Waals surface area contributed by atoms with Gasteiger partial charge >= 0.3 is 0 Å². The van der Waals surface area contributed by atoms with Gasteiger partial charge in [0.1, 0.15) is 17.0 Å². The fourth-order valence-electron chi connectivity index (χ4n) is 4.60. The van der Waals surface area contributed by atoms with Crippen molar-refractivity contribution in [2.24, 2.45) is 0 Å². The number of hydrogen-bond donors (Lipinski definition) is 0. The first-order valence-corrected chi connectivity index (χ1v) is 11.0. The van der Waals surface area contributed by atoms with Crippen LogP contribution in [0.25, 0.3) is 0 Å². The van der Waals surface area contributed by atoms with Gasteiger partial charge in [0.2, 0.25) is 6.10 Å². The number of fused-ring (bicyclic) bond motifs is 3. The Balaban J connectivity index is 1.66. The van der Waals surface area contributed by atoms with Gasteiger partial charge in [0.25, 0.3) is 5.91 Å². The molecule has 1 amide bonds. The molecule has 0 N–H and O–H groups in total. The largest absolute Gasteiger partial charge is 0.497 e. The molecule has 5 heteroatoms. The van der Waals surface area contributed by atoms with E-state index < -0.39 is 11.6 Å². The van der Waals surface area contributed by atoms with Gasteiger partial charge in [-0.3, -0.25) is 9.69 Å². The van der Waals surface area contributed by atoms with E-state index in [2.05, 4.69) is 25.1 Å². The zero-order valence-electron chi connectivity index (χ0n) is 16.9. The number of thioether (sulfide) groups is 1. The minimum atomic E-state index is -0.581. The first-order valence-electron chi connectivity index (χ1n) is 10.1. The third kappa shape index (κ3) is 2.88. The van der Waals surface area contributed by atoms with Gasteiger partial charge in [-0.2, -0.15) is 0 Å². The van der Waals surface area contributed by atoms with Crippen molar-refractivity contribution in [1.29, 1.82) is 0 Å². The second kappa shape index (κ2) is 7.40. The molecule has 3 atom stereocenters. The zero-order valence-corrected chi connectivity index (χ0v) is 17.8. The standard InChI is InChI=1S/C25H23NO3S/c1-17-16-25(18-12-14-19(28-2)15-13-18)23(29-20-8-4-3-5-9-20)24(27)26(25)21-10-6-7-11-22(21)30-17/h3-15,17,23H,16H2,1-2H3/t17-,23+,25+/m1/s1. The summed E-state index contributed by atoms with van der Waals surface area (Å²) in [5.41, 5.74) is 1.45. The van der Waals surface area contributed by atoms with E-state index >= 15 is 0 Å². The van der Waals surface area contributed by atoms with Crippen LogP contribution in [0.1, 0.15) is 18.9 Å². The molecule has 3 aromatic carbocycles. The topological polar surface area (TPSA) is 38.8 Å². The van der Waals surface area contributed by atoms with Crippen LogP contribution in [0.3, 0.4) is 0 Å². The smallest absolute Gasteiger partial charge is 0.271 e. The number of para-hydroxylation sites is 2. The molecule has 0 saturated carbocycles. The lowest BCUT2D eigenvalue weighted by Crippen LogP contribution is -2.74. The summed E-state index contributed by atoms with van der Waals surface area (Å²) in [4.78, 5) is 16.6. The Hall–Kier alpha value is -2.92. The molecule has 0 aromatic heterocycles. The molecular weight excluding hydrogens is 394 g/mol. The van der Waals surface area contributed by atoms with E-state index in [1.54, 1.807) is 7.11 Å². The maximum Gasteiger partial charge on any atom is 0.271 e.